The molecule has 19 heavy (non-hydrogen) atoms. The van der Waals surface area contributed by atoms with Crippen molar-refractivity contribution in [3.63, 3.8) is 0 Å². The van der Waals surface area contributed by atoms with Crippen molar-refractivity contribution in [3.8, 4) is 5.75 Å². The second kappa shape index (κ2) is 6.95. The highest BCUT2D eigenvalue weighted by Gasteiger charge is 2.20. The quantitative estimate of drug-likeness (QED) is 0.806. The van der Waals surface area contributed by atoms with Gasteiger partial charge in [0.05, 0.1) is 7.11 Å². The fourth-order valence-corrected chi connectivity index (χ4v) is 3.04. The zero-order valence-electron chi connectivity index (χ0n) is 12.5. The Hall–Kier alpha value is -1.02. The average Bonchev–Trinajstić information content (AvgIpc) is 2.34. The van der Waals surface area contributed by atoms with E-state index in [0.29, 0.717) is 12.1 Å². The maximum absolute atomic E-state index is 5.41. The van der Waals surface area contributed by atoms with Crippen molar-refractivity contribution in [2.45, 2.75) is 58.0 Å². The number of rotatable bonds is 7. The standard InChI is InChI=1S/C17H27NO/c1-13(11-15-7-6-8-15)18-14(2)12-16-9-4-5-10-17(16)19-3/h4-5,9-10,13-15,18H,6-8,11-12H2,1-3H3. The molecule has 0 amide bonds. The molecule has 0 radical (unpaired) electrons. The topological polar surface area (TPSA) is 21.3 Å². The van der Waals surface area contributed by atoms with Crippen molar-refractivity contribution >= 4 is 0 Å². The van der Waals surface area contributed by atoms with E-state index in [2.05, 4.69) is 31.3 Å². The molecule has 0 bridgehead atoms. The summed E-state index contributed by atoms with van der Waals surface area (Å²) in [5.41, 5.74) is 1.29. The summed E-state index contributed by atoms with van der Waals surface area (Å²) in [7, 11) is 1.75. The lowest BCUT2D eigenvalue weighted by molar-refractivity contribution is 0.259. The molecular formula is C17H27NO. The van der Waals surface area contributed by atoms with Gasteiger partial charge in [0.15, 0.2) is 0 Å². The second-order valence-electron chi connectivity index (χ2n) is 6.02. The molecule has 2 heteroatoms. The Bertz CT molecular complexity index is 387. The Balaban J connectivity index is 1.80. The van der Waals surface area contributed by atoms with Crippen LogP contribution in [0.25, 0.3) is 0 Å². The molecule has 1 aromatic rings. The highest BCUT2D eigenvalue weighted by atomic mass is 16.5. The summed E-state index contributed by atoms with van der Waals surface area (Å²) in [6.07, 6.45) is 6.67. The maximum Gasteiger partial charge on any atom is 0.122 e. The van der Waals surface area contributed by atoms with E-state index in [0.717, 1.165) is 18.1 Å². The predicted molar refractivity (Wildman–Crippen MR) is 80.7 cm³/mol. The van der Waals surface area contributed by atoms with Crippen LogP contribution in [0.1, 0.15) is 45.1 Å². The van der Waals surface area contributed by atoms with E-state index in [1.165, 1.54) is 31.2 Å². The molecular weight excluding hydrogens is 234 g/mol. The Labute approximate surface area is 117 Å². The summed E-state index contributed by atoms with van der Waals surface area (Å²) in [5.74, 6) is 1.98. The molecule has 106 valence electrons. The second-order valence-corrected chi connectivity index (χ2v) is 6.02. The van der Waals surface area contributed by atoms with Gasteiger partial charge in [0, 0.05) is 12.1 Å². The number of ether oxygens (including phenoxy) is 1. The number of benzene rings is 1. The largest absolute Gasteiger partial charge is 0.496 e. The number of methoxy groups -OCH3 is 1. The van der Waals surface area contributed by atoms with E-state index in [4.69, 9.17) is 4.74 Å². The van der Waals surface area contributed by atoms with E-state index < -0.39 is 0 Å². The SMILES string of the molecule is COc1ccccc1CC(C)NC(C)CC1CCC1. The van der Waals surface area contributed by atoms with Crippen molar-refractivity contribution in [3.05, 3.63) is 29.8 Å². The monoisotopic (exact) mass is 261 g/mol. The third-order valence-corrected chi connectivity index (χ3v) is 4.20. The van der Waals surface area contributed by atoms with Gasteiger partial charge in [-0.3, -0.25) is 0 Å². The van der Waals surface area contributed by atoms with Gasteiger partial charge in [0.1, 0.15) is 5.75 Å². The number of hydrogen-bond acceptors (Lipinski definition) is 2. The summed E-state index contributed by atoms with van der Waals surface area (Å²) in [6, 6.07) is 9.43. The van der Waals surface area contributed by atoms with Crippen LogP contribution in [-0.4, -0.2) is 19.2 Å². The molecule has 1 aliphatic rings. The van der Waals surface area contributed by atoms with Crippen molar-refractivity contribution in [1.29, 1.82) is 0 Å². The summed E-state index contributed by atoms with van der Waals surface area (Å²) in [4.78, 5) is 0. The summed E-state index contributed by atoms with van der Waals surface area (Å²) in [6.45, 7) is 4.58. The normalized spacial score (nSPS) is 18.7. The molecule has 2 nitrogen and oxygen atoms in total. The first-order valence-corrected chi connectivity index (χ1v) is 7.57. The number of hydrogen-bond donors (Lipinski definition) is 1. The van der Waals surface area contributed by atoms with Crippen LogP contribution in [0.3, 0.4) is 0 Å². The van der Waals surface area contributed by atoms with E-state index >= 15 is 0 Å². The van der Waals surface area contributed by atoms with Gasteiger partial charge < -0.3 is 10.1 Å². The molecule has 1 saturated carbocycles. The molecule has 1 fully saturated rings. The van der Waals surface area contributed by atoms with Crippen LogP contribution < -0.4 is 10.1 Å². The van der Waals surface area contributed by atoms with E-state index in [9.17, 15) is 0 Å². The Morgan fingerprint density at radius 2 is 1.95 bits per heavy atom. The Kier molecular flexibility index (Phi) is 5.26. The Morgan fingerprint density at radius 3 is 2.58 bits per heavy atom. The van der Waals surface area contributed by atoms with Crippen LogP contribution >= 0.6 is 0 Å². The highest BCUT2D eigenvalue weighted by Crippen LogP contribution is 2.30. The van der Waals surface area contributed by atoms with Crippen LogP contribution in [0.15, 0.2) is 24.3 Å². The fourth-order valence-electron chi connectivity index (χ4n) is 3.04. The van der Waals surface area contributed by atoms with E-state index in [1.54, 1.807) is 7.11 Å². The van der Waals surface area contributed by atoms with Crippen molar-refractivity contribution in [2.24, 2.45) is 5.92 Å². The summed E-state index contributed by atoms with van der Waals surface area (Å²) >= 11 is 0. The first-order valence-electron chi connectivity index (χ1n) is 7.57. The fraction of sp³-hybridized carbons (Fsp3) is 0.647. The Morgan fingerprint density at radius 1 is 1.21 bits per heavy atom. The van der Waals surface area contributed by atoms with Crippen LogP contribution in [0, 0.1) is 5.92 Å². The van der Waals surface area contributed by atoms with Crippen molar-refractivity contribution < 1.29 is 4.74 Å². The first kappa shape index (κ1) is 14.4. The molecule has 2 atom stereocenters. The minimum Gasteiger partial charge on any atom is -0.496 e. The van der Waals surface area contributed by atoms with Gasteiger partial charge in [-0.15, -0.1) is 0 Å². The van der Waals surface area contributed by atoms with Gasteiger partial charge in [-0.05, 0) is 44.2 Å². The minimum atomic E-state index is 0.492. The molecule has 0 aromatic heterocycles. The predicted octanol–water partition coefficient (Wildman–Crippen LogP) is 3.79. The number of nitrogens with one attached hydrogen (secondary N) is 1. The molecule has 1 aliphatic carbocycles. The zero-order chi connectivity index (χ0) is 13.7. The third kappa shape index (κ3) is 4.24. The molecule has 0 spiro atoms. The molecule has 0 heterocycles. The lowest BCUT2D eigenvalue weighted by atomic mass is 9.81. The first-order chi connectivity index (χ1) is 9.19. The maximum atomic E-state index is 5.41. The van der Waals surface area contributed by atoms with Crippen LogP contribution in [-0.2, 0) is 6.42 Å². The molecule has 0 aliphatic heterocycles. The molecule has 2 rings (SSSR count). The molecule has 2 unspecified atom stereocenters. The van der Waals surface area contributed by atoms with Gasteiger partial charge in [-0.1, -0.05) is 37.5 Å². The van der Waals surface area contributed by atoms with Crippen LogP contribution in [0.2, 0.25) is 0 Å². The third-order valence-electron chi connectivity index (χ3n) is 4.20. The van der Waals surface area contributed by atoms with Gasteiger partial charge in [0.2, 0.25) is 0 Å². The number of para-hydroxylation sites is 1. The van der Waals surface area contributed by atoms with Crippen molar-refractivity contribution in [1.82, 2.24) is 5.32 Å². The van der Waals surface area contributed by atoms with Crippen LogP contribution in [0.4, 0.5) is 0 Å². The molecule has 1 aromatic carbocycles. The lowest BCUT2D eigenvalue weighted by Crippen LogP contribution is -2.37. The summed E-state index contributed by atoms with van der Waals surface area (Å²) in [5, 5.41) is 3.72. The zero-order valence-corrected chi connectivity index (χ0v) is 12.5. The van der Waals surface area contributed by atoms with Crippen LogP contribution in [0.5, 0.6) is 5.75 Å². The smallest absolute Gasteiger partial charge is 0.122 e. The minimum absolute atomic E-state index is 0.492. The lowest BCUT2D eigenvalue weighted by Gasteiger charge is -2.30. The van der Waals surface area contributed by atoms with Gasteiger partial charge in [-0.25, -0.2) is 0 Å². The van der Waals surface area contributed by atoms with Gasteiger partial charge in [-0.2, -0.15) is 0 Å². The van der Waals surface area contributed by atoms with Crippen molar-refractivity contribution in [2.75, 3.05) is 7.11 Å². The average molecular weight is 261 g/mol. The van der Waals surface area contributed by atoms with Gasteiger partial charge in [0.25, 0.3) is 0 Å². The molecule has 0 saturated heterocycles. The summed E-state index contributed by atoms with van der Waals surface area (Å²) < 4.78 is 5.41. The molecule has 1 N–H and O–H groups in total. The van der Waals surface area contributed by atoms with Gasteiger partial charge >= 0.3 is 0 Å². The van der Waals surface area contributed by atoms with E-state index in [-0.39, 0.29) is 0 Å². The van der Waals surface area contributed by atoms with E-state index in [1.807, 2.05) is 12.1 Å². The highest BCUT2D eigenvalue weighted by molar-refractivity contribution is 5.33.